The van der Waals surface area contributed by atoms with Crippen LogP contribution < -0.4 is 0 Å². The van der Waals surface area contributed by atoms with Crippen LogP contribution in [0.1, 0.15) is 23.3 Å². The van der Waals surface area contributed by atoms with Crippen molar-refractivity contribution in [2.45, 2.75) is 27.7 Å². The highest BCUT2D eigenvalue weighted by atomic mass is 15.0. The number of aromatic nitrogens is 11. The fraction of sp³-hybridized carbons (Fsp3) is 0.0667. The van der Waals surface area contributed by atoms with Gasteiger partial charge in [-0.05, 0) is 64.1 Å². The average molecular weight is 918 g/mol. The van der Waals surface area contributed by atoms with E-state index in [1.807, 2.05) is 125 Å². The monoisotopic (exact) mass is 917 g/mol. The molecule has 0 aliphatic carbocycles. The van der Waals surface area contributed by atoms with Crippen LogP contribution in [0.3, 0.4) is 0 Å². The van der Waals surface area contributed by atoms with Gasteiger partial charge in [0.15, 0.2) is 23.3 Å². The van der Waals surface area contributed by atoms with Crippen molar-refractivity contribution in [2.24, 2.45) is 0 Å². The third kappa shape index (κ3) is 8.35. The lowest BCUT2D eigenvalue weighted by Gasteiger charge is -2.18. The van der Waals surface area contributed by atoms with Crippen molar-refractivity contribution in [3.8, 4) is 96.3 Å². The van der Waals surface area contributed by atoms with Crippen molar-refractivity contribution in [3.63, 3.8) is 0 Å². The second kappa shape index (κ2) is 17.9. The Balaban J connectivity index is 1.18. The molecule has 0 bridgehead atoms. The van der Waals surface area contributed by atoms with Crippen LogP contribution in [0.25, 0.3) is 118 Å². The van der Waals surface area contributed by atoms with Crippen LogP contribution in [0.5, 0.6) is 0 Å². The first-order chi connectivity index (χ1) is 34.8. The maximum atomic E-state index is 5.45. The predicted molar refractivity (Wildman–Crippen MR) is 281 cm³/mol. The topological polar surface area (TPSA) is 134 Å². The first kappa shape index (κ1) is 42.8. The van der Waals surface area contributed by atoms with E-state index < -0.39 is 0 Å². The van der Waals surface area contributed by atoms with E-state index in [2.05, 4.69) is 106 Å². The first-order valence-corrected chi connectivity index (χ1v) is 23.4. The van der Waals surface area contributed by atoms with E-state index >= 15 is 0 Å². The van der Waals surface area contributed by atoms with Gasteiger partial charge in [0.2, 0.25) is 0 Å². The molecular weight excluding hydrogens is 875 g/mol. The lowest BCUT2D eigenvalue weighted by Crippen LogP contribution is -2.03. The van der Waals surface area contributed by atoms with Crippen LogP contribution in [0, 0.1) is 27.7 Å². The van der Waals surface area contributed by atoms with Crippen molar-refractivity contribution in [1.29, 1.82) is 0 Å². The summed E-state index contributed by atoms with van der Waals surface area (Å²) in [6.45, 7) is 7.58. The summed E-state index contributed by atoms with van der Waals surface area (Å²) in [5, 5.41) is 2.09. The highest BCUT2D eigenvalue weighted by Gasteiger charge is 2.22. The van der Waals surface area contributed by atoms with Crippen molar-refractivity contribution >= 4 is 21.8 Å². The fourth-order valence-electron chi connectivity index (χ4n) is 9.27. The average Bonchev–Trinajstić information content (AvgIpc) is 3.73. The largest absolute Gasteiger partial charge is 0.309 e. The van der Waals surface area contributed by atoms with Gasteiger partial charge in [-0.15, -0.1) is 0 Å². The molecule has 5 aromatic heterocycles. The van der Waals surface area contributed by atoms with Crippen LogP contribution in [0.2, 0.25) is 0 Å². The Morgan fingerprint density at radius 2 is 0.620 bits per heavy atom. The lowest BCUT2D eigenvalue weighted by molar-refractivity contribution is 0.928. The number of aryl methyl sites for hydroxylation is 4. The van der Waals surface area contributed by atoms with E-state index in [4.69, 9.17) is 39.9 Å². The van der Waals surface area contributed by atoms with Gasteiger partial charge in [-0.25, -0.2) is 49.8 Å². The molecule has 11 heteroatoms. The molecule has 0 aliphatic rings. The van der Waals surface area contributed by atoms with E-state index in [0.29, 0.717) is 46.6 Å². The minimum absolute atomic E-state index is 0.601. The maximum Gasteiger partial charge on any atom is 0.163 e. The van der Waals surface area contributed by atoms with Gasteiger partial charge in [0.25, 0.3) is 0 Å². The minimum Gasteiger partial charge on any atom is -0.309 e. The smallest absolute Gasteiger partial charge is 0.163 e. The predicted octanol–water partition coefficient (Wildman–Crippen LogP) is 13.3. The summed E-state index contributed by atoms with van der Waals surface area (Å²) in [6.07, 6.45) is 0. The number of rotatable bonds is 9. The molecule has 71 heavy (non-hydrogen) atoms. The fourth-order valence-corrected chi connectivity index (χ4v) is 9.27. The van der Waals surface area contributed by atoms with E-state index in [1.54, 1.807) is 0 Å². The summed E-state index contributed by atoms with van der Waals surface area (Å²) >= 11 is 0. The molecule has 0 saturated heterocycles. The summed E-state index contributed by atoms with van der Waals surface area (Å²) < 4.78 is 2.32. The van der Waals surface area contributed by atoms with Crippen molar-refractivity contribution in [1.82, 2.24) is 54.4 Å². The summed E-state index contributed by atoms with van der Waals surface area (Å²) in [5.74, 6) is 5.05. The second-order valence-corrected chi connectivity index (χ2v) is 17.4. The Labute approximate surface area is 409 Å². The molecular formula is C60H43N11. The Morgan fingerprint density at radius 1 is 0.268 bits per heavy atom. The number of hydrogen-bond donors (Lipinski definition) is 0. The molecule has 12 aromatic rings. The van der Waals surface area contributed by atoms with Crippen LogP contribution >= 0.6 is 0 Å². The number of nitrogens with zero attached hydrogens (tertiary/aromatic N) is 11. The SMILES string of the molecule is Cc1nc(C)nc(-c2ccc3c4ccc(-c5nc(C)nc(C)n5)cc4n(-c4ccc(-c5cc(-c6ccccc6)nc(-c6ccccc6)n5)cc4-c4cc(-c5ccccc5)nc(-c5ccccc5)n4)c3c2)n1. The van der Waals surface area contributed by atoms with Gasteiger partial charge in [-0.3, -0.25) is 0 Å². The Hall–Kier alpha value is -9.48. The first-order valence-electron chi connectivity index (χ1n) is 23.4. The molecule has 0 unspecified atom stereocenters. The molecule has 0 saturated carbocycles. The molecule has 0 amide bonds. The van der Waals surface area contributed by atoms with Gasteiger partial charge in [-0.2, -0.15) is 0 Å². The zero-order valence-electron chi connectivity index (χ0n) is 39.3. The second-order valence-electron chi connectivity index (χ2n) is 17.4. The molecule has 0 atom stereocenters. The van der Waals surface area contributed by atoms with E-state index in [0.717, 1.165) is 94.8 Å². The van der Waals surface area contributed by atoms with E-state index in [-0.39, 0.29) is 0 Å². The van der Waals surface area contributed by atoms with Crippen LogP contribution in [-0.2, 0) is 0 Å². The summed E-state index contributed by atoms with van der Waals surface area (Å²) in [5.41, 5.74) is 13.1. The molecule has 0 fully saturated rings. The van der Waals surface area contributed by atoms with E-state index in [1.165, 1.54) is 0 Å². The normalized spacial score (nSPS) is 11.4. The molecule has 0 radical (unpaired) electrons. The van der Waals surface area contributed by atoms with Gasteiger partial charge in [0.05, 0.1) is 39.5 Å². The van der Waals surface area contributed by atoms with Crippen molar-refractivity contribution in [2.75, 3.05) is 0 Å². The number of hydrogen-bond acceptors (Lipinski definition) is 10. The molecule has 11 nitrogen and oxygen atoms in total. The summed E-state index contributed by atoms with van der Waals surface area (Å²) in [7, 11) is 0. The van der Waals surface area contributed by atoms with Crippen LogP contribution in [0.4, 0.5) is 0 Å². The molecule has 338 valence electrons. The molecule has 0 N–H and O–H groups in total. The van der Waals surface area contributed by atoms with E-state index in [9.17, 15) is 0 Å². The highest BCUT2D eigenvalue weighted by molar-refractivity contribution is 6.11. The Bertz CT molecular complexity index is 3710. The van der Waals surface area contributed by atoms with Gasteiger partial charge in [0.1, 0.15) is 23.3 Å². The zero-order chi connectivity index (χ0) is 48.0. The Morgan fingerprint density at radius 3 is 1.06 bits per heavy atom. The molecule has 0 spiro atoms. The molecule has 5 heterocycles. The summed E-state index contributed by atoms with van der Waals surface area (Å²) in [6, 6.07) is 64.3. The maximum absolute atomic E-state index is 5.45. The van der Waals surface area contributed by atoms with Crippen LogP contribution in [0.15, 0.2) is 188 Å². The van der Waals surface area contributed by atoms with Crippen molar-refractivity contribution in [3.05, 3.63) is 211 Å². The molecule has 0 aliphatic heterocycles. The standard InChI is InChI=1S/C60H43N11/c1-36-61-37(2)64-59(63-36)45-25-28-47-48-29-26-46(60-65-38(3)62-39(4)66-60)33-56(48)71(55(47)32-45)54-30-27-44(52-34-50(40-17-9-5-10-18-40)67-57(69-52)42-21-13-7-14-22-42)31-49(54)53-35-51(41-19-11-6-12-20-41)68-58(70-53)43-23-15-8-16-24-43/h5-35H,1-4H3. The minimum atomic E-state index is 0.601. The number of fused-ring (bicyclic) bond motifs is 3. The third-order valence-electron chi connectivity index (χ3n) is 12.5. The highest BCUT2D eigenvalue weighted by Crippen LogP contribution is 2.41. The van der Waals surface area contributed by atoms with Gasteiger partial charge < -0.3 is 4.57 Å². The molecule has 7 aromatic carbocycles. The van der Waals surface area contributed by atoms with Crippen molar-refractivity contribution < 1.29 is 0 Å². The molecule has 12 rings (SSSR count). The number of benzene rings is 7. The summed E-state index contributed by atoms with van der Waals surface area (Å²) in [4.78, 5) is 49.2. The third-order valence-corrected chi connectivity index (χ3v) is 12.5. The van der Waals surface area contributed by atoms with Gasteiger partial charge in [-0.1, -0.05) is 152 Å². The Kier molecular flexibility index (Phi) is 10.8. The zero-order valence-corrected chi connectivity index (χ0v) is 39.3. The van der Waals surface area contributed by atoms with Gasteiger partial charge >= 0.3 is 0 Å². The van der Waals surface area contributed by atoms with Crippen LogP contribution in [-0.4, -0.2) is 54.4 Å². The van der Waals surface area contributed by atoms with Gasteiger partial charge in [0, 0.05) is 55.3 Å². The quantitative estimate of drug-likeness (QED) is 0.138. The lowest BCUT2D eigenvalue weighted by atomic mass is 9.99.